The van der Waals surface area contributed by atoms with Crippen molar-refractivity contribution in [3.05, 3.63) is 77.3 Å². The summed E-state index contributed by atoms with van der Waals surface area (Å²) in [5.74, 6) is -0.964. The normalized spacial score (nSPS) is 16.4. The molecule has 0 saturated heterocycles. The number of methoxy groups -OCH3 is 1. The Labute approximate surface area is 179 Å². The summed E-state index contributed by atoms with van der Waals surface area (Å²) < 4.78 is 16.3. The lowest BCUT2D eigenvalue weighted by atomic mass is 9.95. The van der Waals surface area contributed by atoms with Gasteiger partial charge in [-0.1, -0.05) is 30.3 Å². The van der Waals surface area contributed by atoms with Gasteiger partial charge in [-0.2, -0.15) is 0 Å². The summed E-state index contributed by atoms with van der Waals surface area (Å²) in [5.41, 5.74) is 1.23. The number of aliphatic hydroxyl groups is 1. The van der Waals surface area contributed by atoms with E-state index in [1.54, 1.807) is 36.4 Å². The number of ether oxygens (including phenoxy) is 2. The minimum Gasteiger partial charge on any atom is -0.503 e. The molecule has 1 aliphatic rings. The minimum atomic E-state index is -0.765. The number of aliphatic hydroxyl groups excluding tert-OH is 1. The summed E-state index contributed by atoms with van der Waals surface area (Å²) >= 11 is 0. The Hall–Kier alpha value is -3.58. The van der Waals surface area contributed by atoms with Gasteiger partial charge < -0.3 is 23.9 Å². The van der Waals surface area contributed by atoms with Crippen LogP contribution in [0.25, 0.3) is 11.0 Å². The largest absolute Gasteiger partial charge is 0.503 e. The number of nitrogens with zero attached hydrogens (tertiary/aromatic N) is 1. The molecule has 1 N–H and O–H groups in total. The van der Waals surface area contributed by atoms with Crippen LogP contribution in [0.1, 0.15) is 29.1 Å². The highest BCUT2D eigenvalue weighted by molar-refractivity contribution is 6.16. The lowest BCUT2D eigenvalue weighted by molar-refractivity contribution is -0.130. The maximum absolute atomic E-state index is 13.4. The molecule has 7 heteroatoms. The van der Waals surface area contributed by atoms with Crippen LogP contribution < -0.4 is 4.74 Å². The van der Waals surface area contributed by atoms with Gasteiger partial charge in [0.1, 0.15) is 11.3 Å². The molecule has 1 atom stereocenters. The van der Waals surface area contributed by atoms with Crippen molar-refractivity contribution in [1.82, 2.24) is 4.90 Å². The van der Waals surface area contributed by atoms with Gasteiger partial charge in [0.05, 0.1) is 24.8 Å². The molecule has 1 aliphatic heterocycles. The molecule has 7 nitrogen and oxygen atoms in total. The number of fused-ring (bicyclic) bond motifs is 1. The Bertz CT molecular complexity index is 1110. The van der Waals surface area contributed by atoms with Gasteiger partial charge >= 0.3 is 0 Å². The van der Waals surface area contributed by atoms with Crippen LogP contribution >= 0.6 is 0 Å². The highest BCUT2D eigenvalue weighted by atomic mass is 16.5. The van der Waals surface area contributed by atoms with Crippen LogP contribution in [0.3, 0.4) is 0 Å². The molecule has 0 spiro atoms. The predicted molar refractivity (Wildman–Crippen MR) is 114 cm³/mol. The smallest absolute Gasteiger partial charge is 0.290 e. The second-order valence-electron chi connectivity index (χ2n) is 7.14. The van der Waals surface area contributed by atoms with Crippen molar-refractivity contribution in [1.29, 1.82) is 0 Å². The van der Waals surface area contributed by atoms with Gasteiger partial charge in [-0.15, -0.1) is 0 Å². The highest BCUT2D eigenvalue weighted by Gasteiger charge is 2.44. The van der Waals surface area contributed by atoms with E-state index in [1.807, 2.05) is 25.1 Å². The zero-order valence-corrected chi connectivity index (χ0v) is 17.3. The number of ketones is 1. The van der Waals surface area contributed by atoms with Crippen molar-refractivity contribution in [2.24, 2.45) is 0 Å². The SMILES string of the molecule is CCOc1ccc(C2C(C(=O)c3cc4ccccc4o3)=C(O)C(=O)N2CCOC)cc1. The quantitative estimate of drug-likeness (QED) is 0.552. The van der Waals surface area contributed by atoms with Crippen LogP contribution in [0.2, 0.25) is 0 Å². The Balaban J connectivity index is 1.76. The number of carbonyl (C=O) groups excluding carboxylic acids is 2. The molecule has 31 heavy (non-hydrogen) atoms. The average molecular weight is 421 g/mol. The number of benzene rings is 2. The number of hydrogen-bond donors (Lipinski definition) is 1. The number of Topliss-reactive ketones (excluding diaryl/α,β-unsaturated/α-hetero) is 1. The molecule has 3 aromatic rings. The van der Waals surface area contributed by atoms with E-state index in [0.717, 1.165) is 5.39 Å². The fraction of sp³-hybridized carbons (Fsp3) is 0.250. The Morgan fingerprint density at radius 2 is 1.90 bits per heavy atom. The van der Waals surface area contributed by atoms with Crippen LogP contribution in [0.4, 0.5) is 0 Å². The molecule has 2 aromatic carbocycles. The first kappa shape index (κ1) is 20.7. The molecule has 1 aromatic heterocycles. The molecule has 2 heterocycles. The van der Waals surface area contributed by atoms with Gasteiger partial charge in [0.15, 0.2) is 11.5 Å². The van der Waals surface area contributed by atoms with Crippen molar-refractivity contribution < 1.29 is 28.6 Å². The summed E-state index contributed by atoms with van der Waals surface area (Å²) in [5, 5.41) is 11.4. The number of furan rings is 1. The molecule has 0 saturated carbocycles. The Morgan fingerprint density at radius 1 is 1.16 bits per heavy atom. The van der Waals surface area contributed by atoms with E-state index in [4.69, 9.17) is 13.9 Å². The Morgan fingerprint density at radius 3 is 2.58 bits per heavy atom. The second-order valence-corrected chi connectivity index (χ2v) is 7.14. The maximum atomic E-state index is 13.4. The Kier molecular flexibility index (Phi) is 5.77. The highest BCUT2D eigenvalue weighted by Crippen LogP contribution is 2.39. The molecule has 0 aliphatic carbocycles. The fourth-order valence-electron chi connectivity index (χ4n) is 3.79. The van der Waals surface area contributed by atoms with Crippen molar-refractivity contribution in [3.8, 4) is 5.75 Å². The zero-order chi connectivity index (χ0) is 22.0. The van der Waals surface area contributed by atoms with Crippen molar-refractivity contribution in [2.45, 2.75) is 13.0 Å². The third kappa shape index (κ3) is 3.80. The number of carbonyl (C=O) groups is 2. The van der Waals surface area contributed by atoms with Crippen molar-refractivity contribution in [2.75, 3.05) is 26.9 Å². The van der Waals surface area contributed by atoms with Crippen LogP contribution in [-0.2, 0) is 9.53 Å². The van der Waals surface area contributed by atoms with E-state index in [-0.39, 0.29) is 24.5 Å². The summed E-state index contributed by atoms with van der Waals surface area (Å²) in [6, 6.07) is 15.2. The van der Waals surface area contributed by atoms with E-state index in [9.17, 15) is 14.7 Å². The molecule has 4 rings (SSSR count). The molecule has 1 amide bonds. The standard InChI is InChI=1S/C24H23NO6/c1-3-30-17-10-8-15(9-11-17)21-20(23(27)24(28)25(21)12-13-29-2)22(26)19-14-16-6-4-5-7-18(16)31-19/h4-11,14,21,27H,3,12-13H2,1-2H3. The molecule has 160 valence electrons. The lowest BCUT2D eigenvalue weighted by Gasteiger charge is -2.26. The van der Waals surface area contributed by atoms with E-state index in [1.165, 1.54) is 12.0 Å². The fourth-order valence-corrected chi connectivity index (χ4v) is 3.79. The van der Waals surface area contributed by atoms with Crippen LogP contribution in [-0.4, -0.2) is 48.6 Å². The summed E-state index contributed by atoms with van der Waals surface area (Å²) in [6.07, 6.45) is 0. The monoisotopic (exact) mass is 421 g/mol. The first-order chi connectivity index (χ1) is 15.0. The van der Waals surface area contributed by atoms with Gasteiger partial charge in [0, 0.05) is 19.0 Å². The van der Waals surface area contributed by atoms with E-state index < -0.39 is 23.5 Å². The molecular weight excluding hydrogens is 398 g/mol. The van der Waals surface area contributed by atoms with Crippen LogP contribution in [0.15, 0.2) is 70.3 Å². The van der Waals surface area contributed by atoms with Gasteiger partial charge in [-0.3, -0.25) is 9.59 Å². The average Bonchev–Trinajstić information content (AvgIpc) is 3.32. The number of rotatable bonds is 8. The van der Waals surface area contributed by atoms with Crippen LogP contribution in [0, 0.1) is 0 Å². The maximum Gasteiger partial charge on any atom is 0.290 e. The third-order valence-corrected chi connectivity index (χ3v) is 5.24. The molecule has 0 radical (unpaired) electrons. The molecule has 0 fully saturated rings. The summed E-state index contributed by atoms with van der Waals surface area (Å²) in [7, 11) is 1.53. The zero-order valence-electron chi connectivity index (χ0n) is 17.3. The van der Waals surface area contributed by atoms with Gasteiger partial charge in [0.2, 0.25) is 5.78 Å². The summed E-state index contributed by atoms with van der Waals surface area (Å²) in [4.78, 5) is 27.7. The first-order valence-corrected chi connectivity index (χ1v) is 10.0. The lowest BCUT2D eigenvalue weighted by Crippen LogP contribution is -2.34. The third-order valence-electron chi connectivity index (χ3n) is 5.24. The van der Waals surface area contributed by atoms with E-state index in [0.29, 0.717) is 23.5 Å². The summed E-state index contributed by atoms with van der Waals surface area (Å²) in [6.45, 7) is 2.89. The number of amides is 1. The molecular formula is C24H23NO6. The topological polar surface area (TPSA) is 89.2 Å². The van der Waals surface area contributed by atoms with Crippen molar-refractivity contribution >= 4 is 22.7 Å². The second kappa shape index (κ2) is 8.65. The number of hydrogen-bond acceptors (Lipinski definition) is 6. The van der Waals surface area contributed by atoms with Gasteiger partial charge in [-0.25, -0.2) is 0 Å². The predicted octanol–water partition coefficient (Wildman–Crippen LogP) is 4.06. The minimum absolute atomic E-state index is 0.00989. The van der Waals surface area contributed by atoms with E-state index in [2.05, 4.69) is 0 Å². The first-order valence-electron chi connectivity index (χ1n) is 10.0. The van der Waals surface area contributed by atoms with Crippen molar-refractivity contribution in [3.63, 3.8) is 0 Å². The van der Waals surface area contributed by atoms with Gasteiger partial charge in [-0.05, 0) is 36.8 Å². The van der Waals surface area contributed by atoms with E-state index >= 15 is 0 Å². The van der Waals surface area contributed by atoms with Gasteiger partial charge in [0.25, 0.3) is 5.91 Å². The van der Waals surface area contributed by atoms with Crippen LogP contribution in [0.5, 0.6) is 5.75 Å². The molecule has 1 unspecified atom stereocenters. The molecule has 0 bridgehead atoms. The number of para-hydroxylation sites is 1.